The molecule has 1 aromatic heterocycles. The van der Waals surface area contributed by atoms with Crippen LogP contribution in [0.2, 0.25) is 0 Å². The Kier molecular flexibility index (Phi) is 5.07. The third-order valence-corrected chi connectivity index (χ3v) is 2.81. The second kappa shape index (κ2) is 6.36. The van der Waals surface area contributed by atoms with Crippen molar-refractivity contribution in [2.24, 2.45) is 11.7 Å². The Hall–Kier alpha value is -2.11. The Bertz CT molecular complexity index is 527. The van der Waals surface area contributed by atoms with Gasteiger partial charge in [-0.05, 0) is 25.8 Å². The minimum absolute atomic E-state index is 0.179. The number of carbonyl (C=O) groups excluding carboxylic acids is 1. The molecule has 0 aromatic carbocycles. The molecule has 0 saturated heterocycles. The summed E-state index contributed by atoms with van der Waals surface area (Å²) in [5, 5.41) is 9.05. The molecule has 0 unspecified atom stereocenters. The summed E-state index contributed by atoms with van der Waals surface area (Å²) in [4.78, 5) is 28.6. The summed E-state index contributed by atoms with van der Waals surface area (Å²) in [7, 11) is 0. The fraction of sp³-hybridized carbons (Fsp3) is 0.500. The molecule has 6 heteroatoms. The van der Waals surface area contributed by atoms with Crippen LogP contribution < -0.4 is 10.6 Å². The first-order valence-electron chi connectivity index (χ1n) is 6.47. The van der Waals surface area contributed by atoms with Crippen LogP contribution in [0.15, 0.2) is 6.07 Å². The lowest BCUT2D eigenvalue weighted by Gasteiger charge is -2.27. The van der Waals surface area contributed by atoms with E-state index < -0.39 is 11.9 Å². The second-order valence-electron chi connectivity index (χ2n) is 5.28. The van der Waals surface area contributed by atoms with E-state index in [0.717, 1.165) is 5.69 Å². The highest BCUT2D eigenvalue weighted by molar-refractivity contribution is 6.00. The maximum absolute atomic E-state index is 11.6. The lowest BCUT2D eigenvalue weighted by Crippen LogP contribution is -2.35. The molecule has 6 nitrogen and oxygen atoms in total. The number of carboxylic acid groups (broad SMARTS) is 1. The van der Waals surface area contributed by atoms with Crippen LogP contribution in [0.1, 0.15) is 35.6 Å². The van der Waals surface area contributed by atoms with Gasteiger partial charge >= 0.3 is 5.97 Å². The number of nitrogens with two attached hydrogens (primary N) is 1. The van der Waals surface area contributed by atoms with Crippen LogP contribution >= 0.6 is 0 Å². The van der Waals surface area contributed by atoms with Crippen LogP contribution in [-0.2, 0) is 4.79 Å². The van der Waals surface area contributed by atoms with E-state index in [1.165, 1.54) is 0 Å². The molecule has 0 bridgehead atoms. The van der Waals surface area contributed by atoms with Crippen molar-refractivity contribution in [3.05, 3.63) is 23.0 Å². The van der Waals surface area contributed by atoms with E-state index in [1.54, 1.807) is 24.8 Å². The quantitative estimate of drug-likeness (QED) is 0.819. The number of aryl methyl sites for hydroxylation is 2. The van der Waals surface area contributed by atoms with Crippen LogP contribution in [0.5, 0.6) is 0 Å². The maximum Gasteiger partial charge on any atom is 0.323 e. The van der Waals surface area contributed by atoms with Crippen molar-refractivity contribution in [3.63, 3.8) is 0 Å². The standard InChI is InChI=1S/C14H21N3O3/c1-8(2)6-17(7-12(18)19)11-5-9(3)16-10(4)13(11)14(15)20/h5,8H,6-7H2,1-4H3,(H2,15,20)(H,18,19). The van der Waals surface area contributed by atoms with Crippen molar-refractivity contribution >= 4 is 17.6 Å². The first-order valence-corrected chi connectivity index (χ1v) is 6.47. The topological polar surface area (TPSA) is 96.5 Å². The molecule has 0 spiro atoms. The summed E-state index contributed by atoms with van der Waals surface area (Å²) in [5.74, 6) is -1.29. The van der Waals surface area contributed by atoms with Crippen molar-refractivity contribution in [1.29, 1.82) is 0 Å². The van der Waals surface area contributed by atoms with E-state index in [1.807, 2.05) is 13.8 Å². The van der Waals surface area contributed by atoms with Gasteiger partial charge in [0.15, 0.2) is 0 Å². The molecule has 1 aromatic rings. The van der Waals surface area contributed by atoms with Crippen LogP contribution in [0.4, 0.5) is 5.69 Å². The lowest BCUT2D eigenvalue weighted by molar-refractivity contribution is -0.135. The van der Waals surface area contributed by atoms with Gasteiger partial charge in [-0.1, -0.05) is 13.8 Å². The summed E-state index contributed by atoms with van der Waals surface area (Å²) >= 11 is 0. The number of anilines is 1. The summed E-state index contributed by atoms with van der Waals surface area (Å²) in [6, 6.07) is 1.71. The maximum atomic E-state index is 11.6. The molecule has 3 N–H and O–H groups in total. The highest BCUT2D eigenvalue weighted by Crippen LogP contribution is 2.24. The van der Waals surface area contributed by atoms with Crippen molar-refractivity contribution in [3.8, 4) is 0 Å². The Balaban J connectivity index is 3.36. The van der Waals surface area contributed by atoms with E-state index in [9.17, 15) is 9.59 Å². The number of pyridine rings is 1. The van der Waals surface area contributed by atoms with Gasteiger partial charge in [0.25, 0.3) is 5.91 Å². The molecule has 20 heavy (non-hydrogen) atoms. The number of hydrogen-bond donors (Lipinski definition) is 2. The van der Waals surface area contributed by atoms with E-state index >= 15 is 0 Å². The van der Waals surface area contributed by atoms with Gasteiger partial charge in [0.1, 0.15) is 6.54 Å². The zero-order valence-electron chi connectivity index (χ0n) is 12.3. The van der Waals surface area contributed by atoms with E-state index in [-0.39, 0.29) is 18.0 Å². The zero-order valence-corrected chi connectivity index (χ0v) is 12.3. The van der Waals surface area contributed by atoms with E-state index in [4.69, 9.17) is 10.8 Å². The smallest absolute Gasteiger partial charge is 0.323 e. The number of carbonyl (C=O) groups is 2. The van der Waals surface area contributed by atoms with Gasteiger partial charge in [-0.15, -0.1) is 0 Å². The van der Waals surface area contributed by atoms with Crippen molar-refractivity contribution in [2.45, 2.75) is 27.7 Å². The fourth-order valence-corrected chi connectivity index (χ4v) is 2.21. The molecule has 0 saturated carbocycles. The Morgan fingerprint density at radius 2 is 2.00 bits per heavy atom. The van der Waals surface area contributed by atoms with Crippen molar-refractivity contribution < 1.29 is 14.7 Å². The van der Waals surface area contributed by atoms with E-state index in [0.29, 0.717) is 17.9 Å². The third kappa shape index (κ3) is 3.94. The molecule has 1 rings (SSSR count). The zero-order chi connectivity index (χ0) is 15.4. The molecule has 0 aliphatic rings. The fourth-order valence-electron chi connectivity index (χ4n) is 2.21. The average molecular weight is 279 g/mol. The number of hydrogen-bond acceptors (Lipinski definition) is 4. The summed E-state index contributed by atoms with van der Waals surface area (Å²) in [5.41, 5.74) is 7.49. The average Bonchev–Trinajstić information content (AvgIpc) is 2.24. The number of amides is 1. The Morgan fingerprint density at radius 1 is 1.40 bits per heavy atom. The van der Waals surface area contributed by atoms with Crippen LogP contribution in [0.3, 0.4) is 0 Å². The van der Waals surface area contributed by atoms with E-state index in [2.05, 4.69) is 4.98 Å². The van der Waals surface area contributed by atoms with Gasteiger partial charge in [0, 0.05) is 12.2 Å². The molecule has 0 aliphatic carbocycles. The Labute approximate surface area is 118 Å². The normalized spacial score (nSPS) is 10.7. The number of carboxylic acids is 1. The minimum atomic E-state index is -0.951. The van der Waals surface area contributed by atoms with Crippen LogP contribution in [-0.4, -0.2) is 35.1 Å². The number of primary amides is 1. The minimum Gasteiger partial charge on any atom is -0.480 e. The molecule has 1 amide bonds. The molecule has 110 valence electrons. The van der Waals surface area contributed by atoms with Gasteiger partial charge in [0.05, 0.1) is 16.9 Å². The monoisotopic (exact) mass is 279 g/mol. The SMILES string of the molecule is Cc1cc(N(CC(=O)O)CC(C)C)c(C(N)=O)c(C)n1. The third-order valence-electron chi connectivity index (χ3n) is 2.81. The molecule has 0 atom stereocenters. The summed E-state index contributed by atoms with van der Waals surface area (Å²) in [6.07, 6.45) is 0. The molecule has 1 heterocycles. The predicted molar refractivity (Wildman–Crippen MR) is 76.9 cm³/mol. The van der Waals surface area contributed by atoms with Gasteiger partial charge in [-0.3, -0.25) is 14.6 Å². The van der Waals surface area contributed by atoms with Crippen molar-refractivity contribution in [2.75, 3.05) is 18.0 Å². The highest BCUT2D eigenvalue weighted by Gasteiger charge is 2.21. The largest absolute Gasteiger partial charge is 0.480 e. The molecule has 0 fully saturated rings. The molecular weight excluding hydrogens is 258 g/mol. The second-order valence-corrected chi connectivity index (χ2v) is 5.28. The number of rotatable bonds is 6. The van der Waals surface area contributed by atoms with Crippen LogP contribution in [0.25, 0.3) is 0 Å². The summed E-state index contributed by atoms with van der Waals surface area (Å²) in [6.45, 7) is 7.82. The number of aromatic nitrogens is 1. The molecule has 0 radical (unpaired) electrons. The molecule has 0 aliphatic heterocycles. The predicted octanol–water partition coefficient (Wildman–Crippen LogP) is 1.34. The van der Waals surface area contributed by atoms with Gasteiger partial charge < -0.3 is 15.7 Å². The number of nitrogens with zero attached hydrogens (tertiary/aromatic N) is 2. The lowest BCUT2D eigenvalue weighted by atomic mass is 10.1. The van der Waals surface area contributed by atoms with Gasteiger partial charge in [-0.25, -0.2) is 0 Å². The van der Waals surface area contributed by atoms with Gasteiger partial charge in [0.2, 0.25) is 0 Å². The number of aliphatic carboxylic acids is 1. The van der Waals surface area contributed by atoms with Gasteiger partial charge in [-0.2, -0.15) is 0 Å². The summed E-state index contributed by atoms with van der Waals surface area (Å²) < 4.78 is 0. The first kappa shape index (κ1) is 15.9. The Morgan fingerprint density at radius 3 is 2.45 bits per heavy atom. The first-order chi connectivity index (χ1) is 9.22. The van der Waals surface area contributed by atoms with Crippen LogP contribution in [0, 0.1) is 19.8 Å². The van der Waals surface area contributed by atoms with Crippen molar-refractivity contribution in [1.82, 2.24) is 4.98 Å². The molecular formula is C14H21N3O3. The highest BCUT2D eigenvalue weighted by atomic mass is 16.4.